The van der Waals surface area contributed by atoms with E-state index in [-0.39, 0.29) is 37.1 Å². The number of benzene rings is 2. The van der Waals surface area contributed by atoms with Gasteiger partial charge in [-0.15, -0.1) is 0 Å². The minimum atomic E-state index is -0.543. The Hall–Kier alpha value is -3.35. The number of anilines is 1. The first-order chi connectivity index (χ1) is 13.5. The van der Waals surface area contributed by atoms with Gasteiger partial charge >= 0.3 is 5.97 Å². The third-order valence-electron chi connectivity index (χ3n) is 4.04. The van der Waals surface area contributed by atoms with Crippen molar-refractivity contribution in [1.29, 1.82) is 0 Å². The van der Waals surface area contributed by atoms with E-state index < -0.39 is 5.97 Å². The van der Waals surface area contributed by atoms with Crippen LogP contribution in [0.25, 0.3) is 0 Å². The maximum atomic E-state index is 12.4. The summed E-state index contributed by atoms with van der Waals surface area (Å²) in [5.74, 6) is -0.596. The Morgan fingerprint density at radius 2 is 1.71 bits per heavy atom. The molecular formula is C21H24N2O5. The van der Waals surface area contributed by atoms with E-state index in [4.69, 9.17) is 9.47 Å². The summed E-state index contributed by atoms with van der Waals surface area (Å²) < 4.78 is 10.3. The van der Waals surface area contributed by atoms with E-state index in [1.54, 1.807) is 44.4 Å². The summed E-state index contributed by atoms with van der Waals surface area (Å²) in [5.41, 5.74) is 1.39. The number of hydrogen-bond donors (Lipinski definition) is 1. The standard InChI is InChI=1S/C21H24N2O5/c1-4-28-21(26)17-10-6-7-11-18(17)23(15(2)24)14-20(25)22-13-16-9-5-8-12-19(16)27-3/h5-12H,4,13-14H2,1-3H3,(H,22,25). The number of para-hydroxylation sites is 2. The molecular weight excluding hydrogens is 360 g/mol. The van der Waals surface area contributed by atoms with E-state index in [1.807, 2.05) is 18.2 Å². The number of methoxy groups -OCH3 is 1. The molecule has 0 saturated heterocycles. The lowest BCUT2D eigenvalue weighted by Gasteiger charge is -2.23. The van der Waals surface area contributed by atoms with Gasteiger partial charge < -0.3 is 19.7 Å². The summed E-state index contributed by atoms with van der Waals surface area (Å²) in [6.07, 6.45) is 0. The zero-order valence-corrected chi connectivity index (χ0v) is 16.2. The van der Waals surface area contributed by atoms with Crippen LogP contribution in [-0.4, -0.2) is 38.0 Å². The van der Waals surface area contributed by atoms with Crippen molar-refractivity contribution < 1.29 is 23.9 Å². The summed E-state index contributed by atoms with van der Waals surface area (Å²) in [6.45, 7) is 3.30. The number of carbonyl (C=O) groups excluding carboxylic acids is 3. The number of nitrogens with one attached hydrogen (secondary N) is 1. The van der Waals surface area contributed by atoms with Crippen molar-refractivity contribution in [1.82, 2.24) is 5.32 Å². The predicted molar refractivity (Wildman–Crippen MR) is 105 cm³/mol. The molecule has 2 aromatic carbocycles. The van der Waals surface area contributed by atoms with Crippen LogP contribution in [0.1, 0.15) is 29.8 Å². The van der Waals surface area contributed by atoms with E-state index in [0.29, 0.717) is 11.4 Å². The summed E-state index contributed by atoms with van der Waals surface area (Å²) in [5, 5.41) is 2.77. The maximum absolute atomic E-state index is 12.4. The lowest BCUT2D eigenvalue weighted by Crippen LogP contribution is -2.40. The molecule has 148 valence electrons. The quantitative estimate of drug-likeness (QED) is 0.707. The smallest absolute Gasteiger partial charge is 0.340 e. The molecule has 1 N–H and O–H groups in total. The molecule has 0 radical (unpaired) electrons. The van der Waals surface area contributed by atoms with Gasteiger partial charge in [-0.1, -0.05) is 30.3 Å². The Labute approximate surface area is 164 Å². The Bertz CT molecular complexity index is 850. The fourth-order valence-corrected chi connectivity index (χ4v) is 2.70. The highest BCUT2D eigenvalue weighted by atomic mass is 16.5. The zero-order valence-electron chi connectivity index (χ0n) is 16.2. The van der Waals surface area contributed by atoms with Crippen LogP contribution in [0.2, 0.25) is 0 Å². The average Bonchev–Trinajstić information content (AvgIpc) is 2.70. The van der Waals surface area contributed by atoms with E-state index in [1.165, 1.54) is 11.8 Å². The van der Waals surface area contributed by atoms with Crippen LogP contribution in [0.4, 0.5) is 5.69 Å². The molecule has 2 aromatic rings. The highest BCUT2D eigenvalue weighted by Crippen LogP contribution is 2.22. The second-order valence-electron chi connectivity index (χ2n) is 5.93. The molecule has 7 nitrogen and oxygen atoms in total. The van der Waals surface area contributed by atoms with Gasteiger partial charge in [-0.2, -0.15) is 0 Å². The van der Waals surface area contributed by atoms with Crippen molar-refractivity contribution in [2.24, 2.45) is 0 Å². The van der Waals surface area contributed by atoms with E-state index in [2.05, 4.69) is 5.32 Å². The van der Waals surface area contributed by atoms with Crippen molar-refractivity contribution in [3.05, 3.63) is 59.7 Å². The van der Waals surface area contributed by atoms with Gasteiger partial charge in [0.1, 0.15) is 12.3 Å². The molecule has 0 heterocycles. The predicted octanol–water partition coefficient (Wildman–Crippen LogP) is 2.54. The third-order valence-corrected chi connectivity index (χ3v) is 4.04. The summed E-state index contributed by atoms with van der Waals surface area (Å²) in [6, 6.07) is 13.9. The molecule has 0 aromatic heterocycles. The third kappa shape index (κ3) is 5.33. The molecule has 0 fully saturated rings. The molecule has 0 spiro atoms. The van der Waals surface area contributed by atoms with Gasteiger partial charge in [0, 0.05) is 19.0 Å². The topological polar surface area (TPSA) is 84.9 Å². The molecule has 2 amide bonds. The highest BCUT2D eigenvalue weighted by Gasteiger charge is 2.22. The Kier molecular flexibility index (Phi) is 7.56. The summed E-state index contributed by atoms with van der Waals surface area (Å²) >= 11 is 0. The number of esters is 1. The van der Waals surface area contributed by atoms with Crippen LogP contribution in [0, 0.1) is 0 Å². The molecule has 0 atom stereocenters. The molecule has 2 rings (SSSR count). The zero-order chi connectivity index (χ0) is 20.5. The van der Waals surface area contributed by atoms with Crippen molar-refractivity contribution in [3.8, 4) is 5.75 Å². The van der Waals surface area contributed by atoms with Gasteiger partial charge in [0.15, 0.2) is 0 Å². The molecule has 0 bridgehead atoms. The van der Waals surface area contributed by atoms with Crippen LogP contribution in [-0.2, 0) is 20.9 Å². The van der Waals surface area contributed by atoms with Crippen molar-refractivity contribution >= 4 is 23.5 Å². The minimum absolute atomic E-state index is 0.215. The number of rotatable bonds is 8. The van der Waals surface area contributed by atoms with E-state index >= 15 is 0 Å². The second-order valence-corrected chi connectivity index (χ2v) is 5.93. The van der Waals surface area contributed by atoms with Crippen LogP contribution >= 0.6 is 0 Å². The number of hydrogen-bond acceptors (Lipinski definition) is 5. The van der Waals surface area contributed by atoms with Crippen molar-refractivity contribution in [2.45, 2.75) is 20.4 Å². The number of carbonyl (C=O) groups is 3. The summed E-state index contributed by atoms with van der Waals surface area (Å²) in [4.78, 5) is 38.0. The number of amides is 2. The molecule has 0 saturated carbocycles. The van der Waals surface area contributed by atoms with Gasteiger partial charge in [-0.25, -0.2) is 4.79 Å². The number of nitrogens with zero attached hydrogens (tertiary/aromatic N) is 1. The monoisotopic (exact) mass is 384 g/mol. The van der Waals surface area contributed by atoms with Gasteiger partial charge in [0.05, 0.1) is 25.0 Å². The number of ether oxygens (including phenoxy) is 2. The van der Waals surface area contributed by atoms with Gasteiger partial charge in [-0.05, 0) is 25.1 Å². The SMILES string of the molecule is CCOC(=O)c1ccccc1N(CC(=O)NCc1ccccc1OC)C(C)=O. The van der Waals surface area contributed by atoms with Crippen LogP contribution in [0.5, 0.6) is 5.75 Å². The Morgan fingerprint density at radius 3 is 2.39 bits per heavy atom. The van der Waals surface area contributed by atoms with E-state index in [9.17, 15) is 14.4 Å². The summed E-state index contributed by atoms with van der Waals surface area (Å²) in [7, 11) is 1.56. The maximum Gasteiger partial charge on any atom is 0.340 e. The largest absolute Gasteiger partial charge is 0.496 e. The fraction of sp³-hybridized carbons (Fsp3) is 0.286. The first kappa shape index (κ1) is 21.0. The second kappa shape index (κ2) is 10.1. The molecule has 0 unspecified atom stereocenters. The Morgan fingerprint density at radius 1 is 1.04 bits per heavy atom. The molecule has 0 aliphatic heterocycles. The molecule has 0 aliphatic rings. The van der Waals surface area contributed by atoms with Crippen LogP contribution in [0.3, 0.4) is 0 Å². The molecule has 0 aliphatic carbocycles. The van der Waals surface area contributed by atoms with Crippen LogP contribution in [0.15, 0.2) is 48.5 Å². The van der Waals surface area contributed by atoms with Crippen molar-refractivity contribution in [2.75, 3.05) is 25.2 Å². The van der Waals surface area contributed by atoms with Gasteiger partial charge in [-0.3, -0.25) is 9.59 Å². The molecule has 7 heteroatoms. The first-order valence-electron chi connectivity index (χ1n) is 8.90. The van der Waals surface area contributed by atoms with Gasteiger partial charge in [0.2, 0.25) is 11.8 Å². The lowest BCUT2D eigenvalue weighted by molar-refractivity contribution is -0.123. The highest BCUT2D eigenvalue weighted by molar-refractivity contribution is 6.04. The first-order valence-corrected chi connectivity index (χ1v) is 8.90. The van der Waals surface area contributed by atoms with Crippen molar-refractivity contribution in [3.63, 3.8) is 0 Å². The fourth-order valence-electron chi connectivity index (χ4n) is 2.70. The van der Waals surface area contributed by atoms with Gasteiger partial charge in [0.25, 0.3) is 0 Å². The minimum Gasteiger partial charge on any atom is -0.496 e. The average molecular weight is 384 g/mol. The van der Waals surface area contributed by atoms with Crippen LogP contribution < -0.4 is 15.0 Å². The lowest BCUT2D eigenvalue weighted by atomic mass is 10.1. The molecule has 28 heavy (non-hydrogen) atoms. The Balaban J connectivity index is 2.14. The normalized spacial score (nSPS) is 10.1. The van der Waals surface area contributed by atoms with E-state index in [0.717, 1.165) is 5.56 Å².